The molecule has 1 amide bonds. The first-order chi connectivity index (χ1) is 9.58. The van der Waals surface area contributed by atoms with Gasteiger partial charge in [0.1, 0.15) is 5.82 Å². The number of benzene rings is 2. The lowest BCUT2D eigenvalue weighted by molar-refractivity contribution is 0.1000. The van der Waals surface area contributed by atoms with E-state index in [1.54, 1.807) is 6.07 Å². The van der Waals surface area contributed by atoms with Crippen LogP contribution >= 0.6 is 11.6 Å². The van der Waals surface area contributed by atoms with E-state index in [0.29, 0.717) is 22.7 Å². The Balaban J connectivity index is 2.02. The zero-order chi connectivity index (χ0) is 14.5. The van der Waals surface area contributed by atoms with Gasteiger partial charge < -0.3 is 11.1 Å². The molecular weight excluding hydrogens is 279 g/mol. The normalized spacial score (nSPS) is 10.5. The van der Waals surface area contributed by atoms with Gasteiger partial charge >= 0.3 is 0 Å². The summed E-state index contributed by atoms with van der Waals surface area (Å²) in [4.78, 5) is 11.1. The van der Waals surface area contributed by atoms with Crippen molar-refractivity contribution in [3.8, 4) is 0 Å². The summed E-state index contributed by atoms with van der Waals surface area (Å²) in [6, 6.07) is 11.5. The van der Waals surface area contributed by atoms with Crippen LogP contribution in [0.3, 0.4) is 0 Å². The maximum absolute atomic E-state index is 13.6. The van der Waals surface area contributed by atoms with E-state index in [-0.39, 0.29) is 12.4 Å². The lowest BCUT2D eigenvalue weighted by Crippen LogP contribution is -2.16. The second-order valence-corrected chi connectivity index (χ2v) is 4.77. The molecule has 2 aromatic carbocycles. The maximum Gasteiger partial charge on any atom is 0.248 e. The zero-order valence-electron chi connectivity index (χ0n) is 10.7. The summed E-state index contributed by atoms with van der Waals surface area (Å²) in [6.45, 7) is 0.804. The number of carbonyl (C=O) groups excluding carboxylic acids is 1. The molecule has 0 radical (unpaired) electrons. The van der Waals surface area contributed by atoms with Gasteiger partial charge in [-0.05, 0) is 29.8 Å². The number of hydrogen-bond donors (Lipinski definition) is 2. The van der Waals surface area contributed by atoms with Gasteiger partial charge in [-0.2, -0.15) is 0 Å². The van der Waals surface area contributed by atoms with Gasteiger partial charge in [0.2, 0.25) is 5.91 Å². The van der Waals surface area contributed by atoms with Gasteiger partial charge in [0.25, 0.3) is 0 Å². The Morgan fingerprint density at radius 3 is 2.55 bits per heavy atom. The molecule has 2 aromatic rings. The molecule has 0 aliphatic carbocycles. The molecule has 0 saturated carbocycles. The number of nitrogens with two attached hydrogens (primary N) is 1. The molecule has 0 heterocycles. The largest absolute Gasteiger partial charge is 0.366 e. The first-order valence-corrected chi connectivity index (χ1v) is 6.48. The number of hydrogen-bond acceptors (Lipinski definition) is 2. The van der Waals surface area contributed by atoms with E-state index in [4.69, 9.17) is 17.3 Å². The Morgan fingerprint density at radius 1 is 1.15 bits per heavy atom. The summed E-state index contributed by atoms with van der Waals surface area (Å²) in [6.07, 6.45) is 0. The molecule has 3 N–H and O–H groups in total. The van der Waals surface area contributed by atoms with Crippen molar-refractivity contribution in [2.24, 2.45) is 5.73 Å². The Morgan fingerprint density at radius 2 is 1.85 bits per heavy atom. The topological polar surface area (TPSA) is 55.1 Å². The molecule has 20 heavy (non-hydrogen) atoms. The van der Waals surface area contributed by atoms with Gasteiger partial charge in [-0.1, -0.05) is 29.8 Å². The molecule has 104 valence electrons. The van der Waals surface area contributed by atoms with Crippen molar-refractivity contribution in [3.63, 3.8) is 0 Å². The van der Waals surface area contributed by atoms with Crippen LogP contribution in [0.15, 0.2) is 42.5 Å². The number of nitrogens with one attached hydrogen (secondary N) is 1. The van der Waals surface area contributed by atoms with Gasteiger partial charge in [-0.15, -0.1) is 0 Å². The van der Waals surface area contributed by atoms with E-state index in [0.717, 1.165) is 5.56 Å². The highest BCUT2D eigenvalue weighted by Gasteiger charge is 2.07. The van der Waals surface area contributed by atoms with Gasteiger partial charge in [-0.3, -0.25) is 4.79 Å². The van der Waals surface area contributed by atoms with Crippen molar-refractivity contribution in [2.75, 3.05) is 0 Å². The molecule has 0 atom stereocenters. The van der Waals surface area contributed by atoms with E-state index in [1.807, 2.05) is 18.2 Å². The van der Waals surface area contributed by atoms with Crippen molar-refractivity contribution >= 4 is 17.5 Å². The van der Waals surface area contributed by atoms with Gasteiger partial charge in [0.05, 0.1) is 0 Å². The fourth-order valence-electron chi connectivity index (χ4n) is 1.84. The number of halogens is 2. The maximum atomic E-state index is 13.6. The highest BCUT2D eigenvalue weighted by Crippen LogP contribution is 2.15. The zero-order valence-corrected chi connectivity index (χ0v) is 11.5. The van der Waals surface area contributed by atoms with Crippen LogP contribution in [0.4, 0.5) is 4.39 Å². The van der Waals surface area contributed by atoms with Gasteiger partial charge in [0.15, 0.2) is 0 Å². The highest BCUT2D eigenvalue weighted by molar-refractivity contribution is 6.31. The van der Waals surface area contributed by atoms with E-state index in [1.165, 1.54) is 18.2 Å². The third-order valence-corrected chi connectivity index (χ3v) is 3.29. The molecule has 5 heteroatoms. The smallest absolute Gasteiger partial charge is 0.248 e. The molecule has 0 aliphatic rings. The first kappa shape index (κ1) is 14.5. The minimum Gasteiger partial charge on any atom is -0.366 e. The third-order valence-electron chi connectivity index (χ3n) is 2.92. The average molecular weight is 293 g/mol. The Hall–Kier alpha value is -1.91. The summed E-state index contributed by atoms with van der Waals surface area (Å²) >= 11 is 6.03. The van der Waals surface area contributed by atoms with E-state index >= 15 is 0 Å². The Kier molecular flexibility index (Phi) is 4.71. The summed E-state index contributed by atoms with van der Waals surface area (Å²) in [5.41, 5.74) is 6.79. The average Bonchev–Trinajstić information content (AvgIpc) is 2.42. The molecule has 3 nitrogen and oxygen atoms in total. The minimum absolute atomic E-state index is 0.290. The summed E-state index contributed by atoms with van der Waals surface area (Å²) in [5, 5.41) is 3.75. The predicted molar refractivity (Wildman–Crippen MR) is 76.9 cm³/mol. The molecule has 0 unspecified atom stereocenters. The molecule has 0 aliphatic heterocycles. The summed E-state index contributed by atoms with van der Waals surface area (Å²) in [7, 11) is 0. The second-order valence-electron chi connectivity index (χ2n) is 4.37. The standard InChI is InChI=1S/C15H14ClFN2O/c16-13-4-2-1-3-11(13)8-19-9-12-7-10(15(18)20)5-6-14(12)17/h1-7,19H,8-9H2,(H2,18,20). The van der Waals surface area contributed by atoms with Crippen LogP contribution in [-0.2, 0) is 13.1 Å². The fourth-order valence-corrected chi connectivity index (χ4v) is 2.04. The first-order valence-electron chi connectivity index (χ1n) is 6.10. The number of rotatable bonds is 5. The molecule has 0 aromatic heterocycles. The van der Waals surface area contributed by atoms with Crippen LogP contribution in [-0.4, -0.2) is 5.91 Å². The molecule has 0 saturated heterocycles. The summed E-state index contributed by atoms with van der Waals surface area (Å²) in [5.74, 6) is -0.945. The van der Waals surface area contributed by atoms with E-state index < -0.39 is 5.91 Å². The molecule has 0 spiro atoms. The van der Waals surface area contributed by atoms with Crippen LogP contribution in [0.5, 0.6) is 0 Å². The molecule has 0 fully saturated rings. The highest BCUT2D eigenvalue weighted by atomic mass is 35.5. The van der Waals surface area contributed by atoms with Crippen molar-refractivity contribution in [2.45, 2.75) is 13.1 Å². The van der Waals surface area contributed by atoms with Crippen LogP contribution in [0.2, 0.25) is 5.02 Å². The van der Waals surface area contributed by atoms with Crippen LogP contribution in [0.25, 0.3) is 0 Å². The minimum atomic E-state index is -0.572. The number of primary amides is 1. The van der Waals surface area contributed by atoms with Crippen LogP contribution in [0, 0.1) is 5.82 Å². The van der Waals surface area contributed by atoms with Gasteiger partial charge in [0, 0.05) is 29.2 Å². The fraction of sp³-hybridized carbons (Fsp3) is 0.133. The van der Waals surface area contributed by atoms with Crippen molar-refractivity contribution < 1.29 is 9.18 Å². The Bertz CT molecular complexity index is 631. The predicted octanol–water partition coefficient (Wildman–Crippen LogP) is 2.87. The summed E-state index contributed by atoms with van der Waals surface area (Å²) < 4.78 is 13.6. The third kappa shape index (κ3) is 3.56. The quantitative estimate of drug-likeness (QED) is 0.890. The molecular formula is C15H14ClFN2O. The van der Waals surface area contributed by atoms with Crippen molar-refractivity contribution in [3.05, 3.63) is 70.0 Å². The lowest BCUT2D eigenvalue weighted by Gasteiger charge is -2.08. The second kappa shape index (κ2) is 6.50. The monoisotopic (exact) mass is 292 g/mol. The number of carbonyl (C=O) groups is 1. The number of amides is 1. The Labute approximate surface area is 121 Å². The molecule has 2 rings (SSSR count). The molecule has 0 bridgehead atoms. The van der Waals surface area contributed by atoms with Crippen molar-refractivity contribution in [1.82, 2.24) is 5.32 Å². The van der Waals surface area contributed by atoms with Crippen LogP contribution < -0.4 is 11.1 Å². The van der Waals surface area contributed by atoms with E-state index in [9.17, 15) is 9.18 Å². The van der Waals surface area contributed by atoms with Gasteiger partial charge in [-0.25, -0.2) is 4.39 Å². The van der Waals surface area contributed by atoms with Crippen molar-refractivity contribution in [1.29, 1.82) is 0 Å². The lowest BCUT2D eigenvalue weighted by atomic mass is 10.1. The van der Waals surface area contributed by atoms with Crippen LogP contribution in [0.1, 0.15) is 21.5 Å². The SMILES string of the molecule is NC(=O)c1ccc(F)c(CNCc2ccccc2Cl)c1. The van der Waals surface area contributed by atoms with E-state index in [2.05, 4.69) is 5.32 Å².